The second-order valence-corrected chi connectivity index (χ2v) is 5.61. The first kappa shape index (κ1) is 16.1. The van der Waals surface area contributed by atoms with E-state index in [9.17, 15) is 9.90 Å². The maximum absolute atomic E-state index is 11.2. The zero-order chi connectivity index (χ0) is 15.3. The molecule has 108 valence electrons. The van der Waals surface area contributed by atoms with Gasteiger partial charge in [0.2, 0.25) is 0 Å². The van der Waals surface area contributed by atoms with Gasteiger partial charge in [0.15, 0.2) is 0 Å². The Kier molecular flexibility index (Phi) is 5.64. The molecule has 0 aromatic heterocycles. The van der Waals surface area contributed by atoms with Gasteiger partial charge in [-0.05, 0) is 30.2 Å². The predicted octanol–water partition coefficient (Wildman–Crippen LogP) is 3.10. The standard InChI is InChI=1S/C17H23NO2/c1-12(2)16(17(19)20)13(3)6-7-14-8-10-15(11-9-14)18(4)5/h8-13,16H,1-5H3,(H,19,20). The van der Waals surface area contributed by atoms with Crippen molar-refractivity contribution in [3.63, 3.8) is 0 Å². The topological polar surface area (TPSA) is 40.5 Å². The fourth-order valence-corrected chi connectivity index (χ4v) is 2.21. The number of carboxylic acid groups (broad SMARTS) is 1. The molecule has 0 saturated heterocycles. The van der Waals surface area contributed by atoms with Crippen LogP contribution < -0.4 is 4.90 Å². The molecule has 0 saturated carbocycles. The van der Waals surface area contributed by atoms with Crippen LogP contribution in [0.2, 0.25) is 0 Å². The number of hydrogen-bond donors (Lipinski definition) is 1. The Morgan fingerprint density at radius 2 is 1.70 bits per heavy atom. The third kappa shape index (κ3) is 4.31. The minimum atomic E-state index is -0.773. The van der Waals surface area contributed by atoms with E-state index in [-0.39, 0.29) is 11.8 Å². The summed E-state index contributed by atoms with van der Waals surface area (Å²) in [7, 11) is 3.98. The zero-order valence-electron chi connectivity index (χ0n) is 12.8. The van der Waals surface area contributed by atoms with Crippen LogP contribution >= 0.6 is 0 Å². The summed E-state index contributed by atoms with van der Waals surface area (Å²) in [6, 6.07) is 7.93. The van der Waals surface area contributed by atoms with E-state index in [1.54, 1.807) is 0 Å². The molecule has 0 aliphatic rings. The Morgan fingerprint density at radius 3 is 2.10 bits per heavy atom. The van der Waals surface area contributed by atoms with Gasteiger partial charge in [0.25, 0.3) is 0 Å². The molecule has 1 aromatic rings. The molecule has 0 radical (unpaired) electrons. The number of benzene rings is 1. The maximum atomic E-state index is 11.2. The van der Waals surface area contributed by atoms with E-state index in [0.29, 0.717) is 0 Å². The average Bonchev–Trinajstić information content (AvgIpc) is 2.36. The predicted molar refractivity (Wildman–Crippen MR) is 82.8 cm³/mol. The zero-order valence-corrected chi connectivity index (χ0v) is 12.8. The van der Waals surface area contributed by atoms with Crippen molar-refractivity contribution in [1.29, 1.82) is 0 Å². The van der Waals surface area contributed by atoms with Crippen molar-refractivity contribution in [1.82, 2.24) is 0 Å². The van der Waals surface area contributed by atoms with Crippen molar-refractivity contribution in [2.24, 2.45) is 17.8 Å². The van der Waals surface area contributed by atoms with Gasteiger partial charge in [-0.25, -0.2) is 0 Å². The van der Waals surface area contributed by atoms with Gasteiger partial charge in [-0.15, -0.1) is 0 Å². The molecule has 3 nitrogen and oxygen atoms in total. The van der Waals surface area contributed by atoms with Crippen molar-refractivity contribution >= 4 is 11.7 Å². The highest BCUT2D eigenvalue weighted by Crippen LogP contribution is 2.21. The number of nitrogens with zero attached hydrogens (tertiary/aromatic N) is 1. The minimum Gasteiger partial charge on any atom is -0.481 e. The highest BCUT2D eigenvalue weighted by atomic mass is 16.4. The summed E-state index contributed by atoms with van der Waals surface area (Å²) < 4.78 is 0. The molecular weight excluding hydrogens is 250 g/mol. The fraction of sp³-hybridized carbons (Fsp3) is 0.471. The van der Waals surface area contributed by atoms with Gasteiger partial charge in [-0.3, -0.25) is 4.79 Å². The van der Waals surface area contributed by atoms with Gasteiger partial charge in [0.1, 0.15) is 0 Å². The minimum absolute atomic E-state index is 0.0768. The summed E-state index contributed by atoms with van der Waals surface area (Å²) in [5, 5.41) is 9.24. The van der Waals surface area contributed by atoms with Crippen LogP contribution in [0.5, 0.6) is 0 Å². The van der Waals surface area contributed by atoms with Crippen LogP contribution in [0.4, 0.5) is 5.69 Å². The number of aliphatic carboxylic acids is 1. The number of anilines is 1. The largest absolute Gasteiger partial charge is 0.481 e. The lowest BCUT2D eigenvalue weighted by atomic mass is 9.85. The number of hydrogen-bond acceptors (Lipinski definition) is 2. The van der Waals surface area contributed by atoms with Crippen molar-refractivity contribution < 1.29 is 9.90 Å². The Bertz CT molecular complexity index is 506. The Hall–Kier alpha value is -1.95. The van der Waals surface area contributed by atoms with Crippen LogP contribution in [0.25, 0.3) is 0 Å². The van der Waals surface area contributed by atoms with Gasteiger partial charge in [0, 0.05) is 31.3 Å². The fourth-order valence-electron chi connectivity index (χ4n) is 2.21. The molecule has 2 unspecified atom stereocenters. The lowest BCUT2D eigenvalue weighted by Gasteiger charge is -2.19. The van der Waals surface area contributed by atoms with E-state index in [1.165, 1.54) is 0 Å². The molecule has 0 spiro atoms. The van der Waals surface area contributed by atoms with Gasteiger partial charge >= 0.3 is 5.97 Å². The van der Waals surface area contributed by atoms with Crippen molar-refractivity contribution in [2.45, 2.75) is 20.8 Å². The molecule has 0 aliphatic heterocycles. The second-order valence-electron chi connectivity index (χ2n) is 5.61. The molecule has 3 heteroatoms. The van der Waals surface area contributed by atoms with Crippen LogP contribution in [-0.4, -0.2) is 25.2 Å². The Morgan fingerprint density at radius 1 is 1.15 bits per heavy atom. The first-order valence-corrected chi connectivity index (χ1v) is 6.84. The van der Waals surface area contributed by atoms with Crippen LogP contribution in [0.1, 0.15) is 26.3 Å². The molecule has 1 aromatic carbocycles. The summed E-state index contributed by atoms with van der Waals surface area (Å²) in [4.78, 5) is 13.3. The maximum Gasteiger partial charge on any atom is 0.308 e. The summed E-state index contributed by atoms with van der Waals surface area (Å²) in [5.74, 6) is 4.85. The van der Waals surface area contributed by atoms with E-state index < -0.39 is 11.9 Å². The molecule has 0 heterocycles. The second kappa shape index (κ2) is 7.00. The normalized spacial score (nSPS) is 13.3. The molecular formula is C17H23NO2. The lowest BCUT2D eigenvalue weighted by molar-refractivity contribution is -0.144. The van der Waals surface area contributed by atoms with Gasteiger partial charge < -0.3 is 10.0 Å². The van der Waals surface area contributed by atoms with Crippen molar-refractivity contribution in [3.8, 4) is 11.8 Å². The van der Waals surface area contributed by atoms with Crippen LogP contribution in [-0.2, 0) is 4.79 Å². The summed E-state index contributed by atoms with van der Waals surface area (Å²) in [6.45, 7) is 5.71. The van der Waals surface area contributed by atoms with E-state index in [2.05, 4.69) is 11.8 Å². The third-order valence-corrected chi connectivity index (χ3v) is 3.37. The SMILES string of the molecule is CC(C)C(C(=O)O)C(C)C#Cc1ccc(N(C)C)cc1. The van der Waals surface area contributed by atoms with E-state index in [1.807, 2.05) is 64.0 Å². The van der Waals surface area contributed by atoms with Crippen LogP contribution in [0.3, 0.4) is 0 Å². The molecule has 2 atom stereocenters. The third-order valence-electron chi connectivity index (χ3n) is 3.37. The smallest absolute Gasteiger partial charge is 0.308 e. The molecule has 20 heavy (non-hydrogen) atoms. The van der Waals surface area contributed by atoms with Gasteiger partial charge in [-0.1, -0.05) is 32.6 Å². The first-order chi connectivity index (χ1) is 9.32. The molecule has 0 aliphatic carbocycles. The quantitative estimate of drug-likeness (QED) is 0.857. The number of carbonyl (C=O) groups is 1. The highest BCUT2D eigenvalue weighted by Gasteiger charge is 2.26. The van der Waals surface area contributed by atoms with Gasteiger partial charge in [-0.2, -0.15) is 0 Å². The molecule has 0 bridgehead atoms. The summed E-state index contributed by atoms with van der Waals surface area (Å²) >= 11 is 0. The molecule has 1 rings (SSSR count). The first-order valence-electron chi connectivity index (χ1n) is 6.84. The Labute approximate surface area is 121 Å². The van der Waals surface area contributed by atoms with Gasteiger partial charge in [0.05, 0.1) is 5.92 Å². The average molecular weight is 273 g/mol. The number of carboxylic acids is 1. The van der Waals surface area contributed by atoms with Crippen LogP contribution in [0.15, 0.2) is 24.3 Å². The highest BCUT2D eigenvalue weighted by molar-refractivity contribution is 5.71. The van der Waals surface area contributed by atoms with E-state index >= 15 is 0 Å². The van der Waals surface area contributed by atoms with Crippen molar-refractivity contribution in [2.75, 3.05) is 19.0 Å². The molecule has 0 amide bonds. The number of rotatable bonds is 4. The lowest BCUT2D eigenvalue weighted by Crippen LogP contribution is -2.25. The summed E-state index contributed by atoms with van der Waals surface area (Å²) in [5.41, 5.74) is 2.03. The van der Waals surface area contributed by atoms with Crippen LogP contribution in [0, 0.1) is 29.6 Å². The monoisotopic (exact) mass is 273 g/mol. The Balaban J connectivity index is 2.85. The molecule has 1 N–H and O–H groups in total. The van der Waals surface area contributed by atoms with E-state index in [0.717, 1.165) is 11.3 Å². The van der Waals surface area contributed by atoms with Crippen molar-refractivity contribution in [3.05, 3.63) is 29.8 Å². The molecule has 0 fully saturated rings. The summed E-state index contributed by atoms with van der Waals surface area (Å²) in [6.07, 6.45) is 0. The van der Waals surface area contributed by atoms with E-state index in [4.69, 9.17) is 0 Å².